The van der Waals surface area contributed by atoms with E-state index < -0.39 is 11.9 Å². The molecule has 0 saturated heterocycles. The molecule has 7 heteroatoms. The molecule has 0 unspecified atom stereocenters. The summed E-state index contributed by atoms with van der Waals surface area (Å²) >= 11 is 0. The fraction of sp³-hybridized carbons (Fsp3) is 0.235. The normalized spacial score (nSPS) is 16.6. The third kappa shape index (κ3) is 3.29. The lowest BCUT2D eigenvalue weighted by molar-refractivity contribution is -0.125. The van der Waals surface area contributed by atoms with E-state index >= 15 is 0 Å². The molecule has 0 spiro atoms. The predicted octanol–water partition coefficient (Wildman–Crippen LogP) is 0.782. The van der Waals surface area contributed by atoms with Crippen molar-refractivity contribution in [3.8, 4) is 0 Å². The number of benzene rings is 1. The fourth-order valence-electron chi connectivity index (χ4n) is 2.58. The second-order valence-electron chi connectivity index (χ2n) is 5.65. The molecule has 3 amide bonds. The van der Waals surface area contributed by atoms with Gasteiger partial charge in [-0.3, -0.25) is 14.4 Å². The zero-order chi connectivity index (χ0) is 17.1. The van der Waals surface area contributed by atoms with Gasteiger partial charge in [-0.1, -0.05) is 12.1 Å². The van der Waals surface area contributed by atoms with Gasteiger partial charge in [0.15, 0.2) is 0 Å². The number of hydrogen-bond donors (Lipinski definition) is 3. The van der Waals surface area contributed by atoms with Gasteiger partial charge in [-0.05, 0) is 24.3 Å². The Morgan fingerprint density at radius 3 is 2.75 bits per heavy atom. The van der Waals surface area contributed by atoms with E-state index in [-0.39, 0.29) is 18.2 Å². The number of amides is 3. The highest BCUT2D eigenvalue weighted by Crippen LogP contribution is 2.18. The smallest absolute Gasteiger partial charge is 0.254 e. The second kappa shape index (κ2) is 6.57. The minimum Gasteiger partial charge on any atom is -0.353 e. The van der Waals surface area contributed by atoms with Gasteiger partial charge in [-0.2, -0.15) is 0 Å². The van der Waals surface area contributed by atoms with Gasteiger partial charge >= 0.3 is 0 Å². The molecule has 2 heterocycles. The van der Waals surface area contributed by atoms with Gasteiger partial charge in [-0.15, -0.1) is 0 Å². The Labute approximate surface area is 139 Å². The maximum atomic E-state index is 12.2. The van der Waals surface area contributed by atoms with Crippen molar-refractivity contribution in [1.29, 1.82) is 0 Å². The predicted molar refractivity (Wildman–Crippen MR) is 88.2 cm³/mol. The molecule has 0 radical (unpaired) electrons. The number of aromatic nitrogens is 1. The maximum absolute atomic E-state index is 12.2. The lowest BCUT2D eigenvalue weighted by atomic mass is 10.1. The van der Waals surface area contributed by atoms with E-state index in [1.807, 2.05) is 29.9 Å². The number of nitrogens with zero attached hydrogens (tertiary/aromatic N) is 1. The minimum absolute atomic E-state index is 0.115. The van der Waals surface area contributed by atoms with Crippen molar-refractivity contribution >= 4 is 23.4 Å². The molecule has 24 heavy (non-hydrogen) atoms. The van der Waals surface area contributed by atoms with Crippen molar-refractivity contribution in [2.24, 2.45) is 7.05 Å². The van der Waals surface area contributed by atoms with Crippen molar-refractivity contribution in [2.75, 3.05) is 5.32 Å². The van der Waals surface area contributed by atoms with Crippen LogP contribution in [0.15, 0.2) is 42.6 Å². The van der Waals surface area contributed by atoms with Crippen LogP contribution in [0.25, 0.3) is 0 Å². The Balaban J connectivity index is 1.63. The molecule has 3 N–H and O–H groups in total. The summed E-state index contributed by atoms with van der Waals surface area (Å²) in [6, 6.07) is 9.62. The van der Waals surface area contributed by atoms with E-state index in [1.165, 1.54) is 0 Å². The Morgan fingerprint density at radius 1 is 1.21 bits per heavy atom. The quantitative estimate of drug-likeness (QED) is 0.775. The molecule has 1 aliphatic rings. The van der Waals surface area contributed by atoms with E-state index in [0.717, 1.165) is 5.69 Å². The van der Waals surface area contributed by atoms with E-state index in [1.54, 1.807) is 24.3 Å². The standard InChI is InChI=1S/C17H18N4O3/c1-21-8-4-5-11(21)10-18-15(22)9-14-17(24)19-13-7-3-2-6-12(13)16(23)20-14/h2-8,14H,9-10H2,1H3,(H,18,22)(H,19,24)(H,20,23)/t14-/m1/s1. The molecule has 1 aromatic carbocycles. The van der Waals surface area contributed by atoms with Crippen molar-refractivity contribution in [2.45, 2.75) is 19.0 Å². The molecule has 7 nitrogen and oxygen atoms in total. The Kier molecular flexibility index (Phi) is 4.33. The molecule has 0 bridgehead atoms. The summed E-state index contributed by atoms with van der Waals surface area (Å²) in [6.45, 7) is 0.366. The number of carbonyl (C=O) groups is 3. The molecule has 0 saturated carbocycles. The van der Waals surface area contributed by atoms with E-state index in [9.17, 15) is 14.4 Å². The van der Waals surface area contributed by atoms with Gasteiger partial charge in [0.25, 0.3) is 5.91 Å². The number of nitrogens with one attached hydrogen (secondary N) is 3. The molecule has 0 fully saturated rings. The summed E-state index contributed by atoms with van der Waals surface area (Å²) in [4.78, 5) is 36.5. The first-order valence-electron chi connectivity index (χ1n) is 7.62. The zero-order valence-electron chi connectivity index (χ0n) is 13.2. The van der Waals surface area contributed by atoms with Crippen molar-refractivity contribution < 1.29 is 14.4 Å². The van der Waals surface area contributed by atoms with Gasteiger partial charge in [0, 0.05) is 18.9 Å². The summed E-state index contributed by atoms with van der Waals surface area (Å²) in [5.74, 6) is -1.07. The van der Waals surface area contributed by atoms with Crippen molar-refractivity contribution in [3.05, 3.63) is 53.9 Å². The monoisotopic (exact) mass is 326 g/mol. The first kappa shape index (κ1) is 15.8. The minimum atomic E-state index is -0.904. The number of fused-ring (bicyclic) bond motifs is 1. The topological polar surface area (TPSA) is 92.2 Å². The number of para-hydroxylation sites is 1. The highest BCUT2D eigenvalue weighted by atomic mass is 16.2. The van der Waals surface area contributed by atoms with Crippen LogP contribution in [0.3, 0.4) is 0 Å². The third-order valence-corrected chi connectivity index (χ3v) is 3.96. The van der Waals surface area contributed by atoms with E-state index in [4.69, 9.17) is 0 Å². The van der Waals surface area contributed by atoms with Crippen LogP contribution in [-0.2, 0) is 23.2 Å². The molecule has 124 valence electrons. The van der Waals surface area contributed by atoms with Gasteiger partial charge in [0.2, 0.25) is 11.8 Å². The Hall–Kier alpha value is -3.09. The maximum Gasteiger partial charge on any atom is 0.254 e. The Morgan fingerprint density at radius 2 is 2.00 bits per heavy atom. The molecule has 0 aliphatic carbocycles. The SMILES string of the molecule is Cn1cccc1CNC(=O)C[C@H]1NC(=O)c2ccccc2NC1=O. The average molecular weight is 326 g/mol. The number of anilines is 1. The van der Waals surface area contributed by atoms with E-state index in [2.05, 4.69) is 16.0 Å². The molecule has 3 rings (SSSR count). The first-order valence-corrected chi connectivity index (χ1v) is 7.62. The number of carbonyl (C=O) groups excluding carboxylic acids is 3. The van der Waals surface area contributed by atoms with Crippen molar-refractivity contribution in [3.63, 3.8) is 0 Å². The van der Waals surface area contributed by atoms with Gasteiger partial charge in [-0.25, -0.2) is 0 Å². The Bertz CT molecular complexity index is 797. The van der Waals surface area contributed by atoms with Crippen LogP contribution >= 0.6 is 0 Å². The third-order valence-electron chi connectivity index (χ3n) is 3.96. The molecular weight excluding hydrogens is 308 g/mol. The van der Waals surface area contributed by atoms with E-state index in [0.29, 0.717) is 17.8 Å². The average Bonchev–Trinajstić information content (AvgIpc) is 2.92. The highest BCUT2D eigenvalue weighted by Gasteiger charge is 2.29. The molecular formula is C17H18N4O3. The van der Waals surface area contributed by atoms with Crippen LogP contribution in [0.1, 0.15) is 22.5 Å². The van der Waals surface area contributed by atoms with Crippen LogP contribution in [-0.4, -0.2) is 28.3 Å². The second-order valence-corrected chi connectivity index (χ2v) is 5.65. The molecule has 2 aromatic rings. The lowest BCUT2D eigenvalue weighted by Crippen LogP contribution is -2.44. The van der Waals surface area contributed by atoms with Crippen LogP contribution < -0.4 is 16.0 Å². The summed E-state index contributed by atoms with van der Waals surface area (Å²) in [5.41, 5.74) is 1.79. The van der Waals surface area contributed by atoms with Gasteiger partial charge in [0.1, 0.15) is 6.04 Å². The lowest BCUT2D eigenvalue weighted by Gasteiger charge is -2.14. The first-order chi connectivity index (χ1) is 11.5. The van der Waals surface area contributed by atoms with Crippen LogP contribution in [0, 0.1) is 0 Å². The number of rotatable bonds is 4. The van der Waals surface area contributed by atoms with Gasteiger partial charge in [0.05, 0.1) is 24.2 Å². The number of hydrogen-bond acceptors (Lipinski definition) is 3. The van der Waals surface area contributed by atoms with Crippen LogP contribution in [0.4, 0.5) is 5.69 Å². The van der Waals surface area contributed by atoms with Gasteiger partial charge < -0.3 is 20.5 Å². The van der Waals surface area contributed by atoms with Crippen molar-refractivity contribution in [1.82, 2.24) is 15.2 Å². The summed E-state index contributed by atoms with van der Waals surface area (Å²) in [7, 11) is 1.89. The van der Waals surface area contributed by atoms with Crippen LogP contribution in [0.5, 0.6) is 0 Å². The fourth-order valence-corrected chi connectivity index (χ4v) is 2.58. The zero-order valence-corrected chi connectivity index (χ0v) is 13.2. The summed E-state index contributed by atoms with van der Waals surface area (Å²) in [5, 5.41) is 8.04. The summed E-state index contributed by atoms with van der Waals surface area (Å²) in [6.07, 6.45) is 1.77. The number of aryl methyl sites for hydroxylation is 1. The highest BCUT2D eigenvalue weighted by molar-refractivity contribution is 6.10. The van der Waals surface area contributed by atoms with Crippen LogP contribution in [0.2, 0.25) is 0 Å². The molecule has 1 atom stereocenters. The molecule has 1 aromatic heterocycles. The summed E-state index contributed by atoms with van der Waals surface area (Å²) < 4.78 is 1.90. The largest absolute Gasteiger partial charge is 0.353 e. The molecule has 1 aliphatic heterocycles.